The van der Waals surface area contributed by atoms with E-state index in [1.807, 2.05) is 26.8 Å². The van der Waals surface area contributed by atoms with E-state index in [1.165, 1.54) is 12.1 Å². The van der Waals surface area contributed by atoms with Gasteiger partial charge in [0.2, 0.25) is 5.91 Å². The van der Waals surface area contributed by atoms with E-state index in [9.17, 15) is 14.0 Å². The lowest BCUT2D eigenvalue weighted by Gasteiger charge is -2.16. The Hall–Kier alpha value is -1.91. The number of carbonyl (C=O) groups is 2. The normalized spacial score (nSPS) is 13.6. The fraction of sp³-hybridized carbons (Fsp3) is 0.556. The molecule has 0 saturated carbocycles. The number of benzene rings is 1. The number of carboxylic acids is 1. The number of carbonyl (C=O) groups excluding carboxylic acids is 1. The number of amides is 1. The van der Waals surface area contributed by atoms with E-state index in [4.69, 9.17) is 5.11 Å². The van der Waals surface area contributed by atoms with Crippen LogP contribution in [0.2, 0.25) is 0 Å². The second kappa shape index (κ2) is 9.28. The van der Waals surface area contributed by atoms with Crippen molar-refractivity contribution in [2.24, 2.45) is 17.8 Å². The summed E-state index contributed by atoms with van der Waals surface area (Å²) >= 11 is 0. The summed E-state index contributed by atoms with van der Waals surface area (Å²) in [7, 11) is 0. The van der Waals surface area contributed by atoms with Crippen LogP contribution in [0.5, 0.6) is 0 Å². The molecule has 23 heavy (non-hydrogen) atoms. The maximum absolute atomic E-state index is 13.1. The molecular formula is C18H26FNO3. The van der Waals surface area contributed by atoms with Crippen LogP contribution in [0.15, 0.2) is 24.3 Å². The first-order valence-corrected chi connectivity index (χ1v) is 8.01. The maximum Gasteiger partial charge on any atom is 0.308 e. The van der Waals surface area contributed by atoms with Crippen LogP contribution in [0.4, 0.5) is 4.39 Å². The van der Waals surface area contributed by atoms with E-state index in [-0.39, 0.29) is 30.1 Å². The average molecular weight is 323 g/mol. The summed E-state index contributed by atoms with van der Waals surface area (Å²) in [6.45, 7) is 5.99. The smallest absolute Gasteiger partial charge is 0.308 e. The number of halogens is 1. The zero-order valence-corrected chi connectivity index (χ0v) is 14.0. The summed E-state index contributed by atoms with van der Waals surface area (Å²) in [6, 6.07) is 6.35. The molecular weight excluding hydrogens is 297 g/mol. The lowest BCUT2D eigenvalue weighted by Crippen LogP contribution is -2.34. The summed E-state index contributed by atoms with van der Waals surface area (Å²) in [4.78, 5) is 23.1. The Labute approximate surface area is 137 Å². The van der Waals surface area contributed by atoms with Crippen molar-refractivity contribution >= 4 is 11.9 Å². The minimum absolute atomic E-state index is 0.0603. The van der Waals surface area contributed by atoms with Gasteiger partial charge in [-0.05, 0) is 42.4 Å². The summed E-state index contributed by atoms with van der Waals surface area (Å²) < 4.78 is 13.1. The van der Waals surface area contributed by atoms with Crippen molar-refractivity contribution in [2.75, 3.05) is 6.54 Å². The van der Waals surface area contributed by atoms with Gasteiger partial charge in [0.05, 0.1) is 5.92 Å². The highest BCUT2D eigenvalue weighted by molar-refractivity contribution is 5.77. The first-order valence-electron chi connectivity index (χ1n) is 8.01. The van der Waals surface area contributed by atoms with Gasteiger partial charge in [0.1, 0.15) is 5.82 Å². The van der Waals surface area contributed by atoms with Gasteiger partial charge in [0.25, 0.3) is 0 Å². The molecule has 0 radical (unpaired) electrons. The molecule has 0 aromatic heterocycles. The molecule has 0 aliphatic heterocycles. The van der Waals surface area contributed by atoms with E-state index in [0.717, 1.165) is 5.56 Å². The van der Waals surface area contributed by atoms with Crippen LogP contribution in [-0.4, -0.2) is 23.5 Å². The van der Waals surface area contributed by atoms with Crippen LogP contribution >= 0.6 is 0 Å². The van der Waals surface area contributed by atoms with Crippen molar-refractivity contribution < 1.29 is 19.1 Å². The van der Waals surface area contributed by atoms with Gasteiger partial charge in [-0.15, -0.1) is 0 Å². The zero-order chi connectivity index (χ0) is 17.4. The van der Waals surface area contributed by atoms with E-state index >= 15 is 0 Å². The van der Waals surface area contributed by atoms with Gasteiger partial charge >= 0.3 is 5.97 Å². The van der Waals surface area contributed by atoms with Crippen molar-refractivity contribution in [3.8, 4) is 0 Å². The van der Waals surface area contributed by atoms with E-state index < -0.39 is 11.9 Å². The molecule has 2 N–H and O–H groups in total. The Bertz CT molecular complexity index is 531. The molecule has 2 atom stereocenters. The fourth-order valence-electron chi connectivity index (χ4n) is 2.60. The first-order chi connectivity index (χ1) is 10.8. The largest absolute Gasteiger partial charge is 0.481 e. The Morgan fingerprint density at radius 3 is 2.52 bits per heavy atom. The van der Waals surface area contributed by atoms with Gasteiger partial charge in [-0.25, -0.2) is 4.39 Å². The Morgan fingerprint density at radius 2 is 1.96 bits per heavy atom. The number of nitrogens with one attached hydrogen (secondary N) is 1. The summed E-state index contributed by atoms with van der Waals surface area (Å²) in [5, 5.41) is 11.9. The van der Waals surface area contributed by atoms with Gasteiger partial charge in [0, 0.05) is 13.0 Å². The SMILES string of the molecule is CC(C)CC(CNC(=O)CC(C)Cc1cccc(F)c1)C(=O)O. The molecule has 1 amide bonds. The van der Waals surface area contributed by atoms with Gasteiger partial charge < -0.3 is 10.4 Å². The molecule has 0 aliphatic rings. The highest BCUT2D eigenvalue weighted by atomic mass is 19.1. The summed E-state index contributed by atoms with van der Waals surface area (Å²) in [5.41, 5.74) is 0.855. The minimum atomic E-state index is -0.883. The third-order valence-corrected chi connectivity index (χ3v) is 3.66. The Morgan fingerprint density at radius 1 is 1.26 bits per heavy atom. The third-order valence-electron chi connectivity index (χ3n) is 3.66. The molecule has 0 aliphatic carbocycles. The van der Waals surface area contributed by atoms with Crippen LogP contribution in [-0.2, 0) is 16.0 Å². The fourth-order valence-corrected chi connectivity index (χ4v) is 2.60. The molecule has 0 saturated heterocycles. The number of hydrogen-bond acceptors (Lipinski definition) is 2. The van der Waals surface area contributed by atoms with Crippen LogP contribution in [0.1, 0.15) is 39.2 Å². The number of carboxylic acid groups (broad SMARTS) is 1. The van der Waals surface area contributed by atoms with E-state index in [2.05, 4.69) is 5.32 Å². The highest BCUT2D eigenvalue weighted by Gasteiger charge is 2.20. The second-order valence-corrected chi connectivity index (χ2v) is 6.61. The molecule has 0 bridgehead atoms. The van der Waals surface area contributed by atoms with Crippen molar-refractivity contribution in [3.63, 3.8) is 0 Å². The predicted molar refractivity (Wildman–Crippen MR) is 87.5 cm³/mol. The molecule has 128 valence electrons. The first kappa shape index (κ1) is 19.1. The molecule has 1 aromatic carbocycles. The zero-order valence-electron chi connectivity index (χ0n) is 14.0. The van der Waals surface area contributed by atoms with E-state index in [1.54, 1.807) is 6.07 Å². The van der Waals surface area contributed by atoms with Crippen molar-refractivity contribution in [1.82, 2.24) is 5.32 Å². The van der Waals surface area contributed by atoms with Gasteiger partial charge in [-0.1, -0.05) is 32.9 Å². The van der Waals surface area contributed by atoms with Crippen molar-refractivity contribution in [1.29, 1.82) is 0 Å². The molecule has 0 fully saturated rings. The van der Waals surface area contributed by atoms with Gasteiger partial charge in [-0.2, -0.15) is 0 Å². The minimum Gasteiger partial charge on any atom is -0.481 e. The maximum atomic E-state index is 13.1. The van der Waals surface area contributed by atoms with Crippen LogP contribution in [0.3, 0.4) is 0 Å². The highest BCUT2D eigenvalue weighted by Crippen LogP contribution is 2.14. The van der Waals surface area contributed by atoms with Crippen LogP contribution in [0, 0.1) is 23.6 Å². The Balaban J connectivity index is 2.41. The number of aliphatic carboxylic acids is 1. The lowest BCUT2D eigenvalue weighted by molar-refractivity contribution is -0.142. The van der Waals surface area contributed by atoms with Gasteiger partial charge in [-0.3, -0.25) is 9.59 Å². The molecule has 5 heteroatoms. The molecule has 1 aromatic rings. The van der Waals surface area contributed by atoms with Crippen LogP contribution in [0.25, 0.3) is 0 Å². The molecule has 2 unspecified atom stereocenters. The monoisotopic (exact) mass is 323 g/mol. The molecule has 0 heterocycles. The van der Waals surface area contributed by atoms with Gasteiger partial charge in [0.15, 0.2) is 0 Å². The Kier molecular flexibility index (Phi) is 7.72. The van der Waals surface area contributed by atoms with Crippen LogP contribution < -0.4 is 5.32 Å². The molecule has 4 nitrogen and oxygen atoms in total. The lowest BCUT2D eigenvalue weighted by atomic mass is 9.96. The number of rotatable bonds is 9. The van der Waals surface area contributed by atoms with Crippen molar-refractivity contribution in [2.45, 2.75) is 40.0 Å². The predicted octanol–water partition coefficient (Wildman–Crippen LogP) is 3.26. The average Bonchev–Trinajstić information content (AvgIpc) is 2.42. The standard InChI is InChI=1S/C18H26FNO3/c1-12(2)7-15(18(22)23)11-20-17(21)9-13(3)8-14-5-4-6-16(19)10-14/h4-6,10,12-13,15H,7-9,11H2,1-3H3,(H,20,21)(H,22,23). The molecule has 1 rings (SSSR count). The van der Waals surface area contributed by atoms with E-state index in [0.29, 0.717) is 19.3 Å². The second-order valence-electron chi connectivity index (χ2n) is 6.61. The third kappa shape index (κ3) is 7.77. The number of hydrogen-bond donors (Lipinski definition) is 2. The van der Waals surface area contributed by atoms with Crippen molar-refractivity contribution in [3.05, 3.63) is 35.6 Å². The quantitative estimate of drug-likeness (QED) is 0.733. The summed E-state index contributed by atoms with van der Waals surface area (Å²) in [5.74, 6) is -1.56. The summed E-state index contributed by atoms with van der Waals surface area (Å²) in [6.07, 6.45) is 1.44. The molecule has 0 spiro atoms. The topological polar surface area (TPSA) is 66.4 Å².